The van der Waals surface area contributed by atoms with Crippen LogP contribution in [0.1, 0.15) is 36.0 Å². The zero-order valence-electron chi connectivity index (χ0n) is 10.4. The van der Waals surface area contributed by atoms with Crippen LogP contribution in [0.4, 0.5) is 0 Å². The second-order valence-corrected chi connectivity index (χ2v) is 4.05. The van der Waals surface area contributed by atoms with Gasteiger partial charge >= 0.3 is 0 Å². The lowest BCUT2D eigenvalue weighted by molar-refractivity contribution is 0.0983. The first-order valence-electron chi connectivity index (χ1n) is 6.03. The first kappa shape index (κ1) is 13.9. The van der Waals surface area contributed by atoms with Crippen molar-refractivity contribution in [3.8, 4) is 6.07 Å². The maximum Gasteiger partial charge on any atom is 0.163 e. The molecule has 0 radical (unpaired) electrons. The van der Waals surface area contributed by atoms with Gasteiger partial charge in [-0.1, -0.05) is 54.6 Å². The molecule has 1 aromatic carbocycles. The van der Waals surface area contributed by atoms with E-state index in [1.807, 2.05) is 42.5 Å². The molecular weight excluding hydrogens is 222 g/mol. The first-order chi connectivity index (χ1) is 8.74. The summed E-state index contributed by atoms with van der Waals surface area (Å²) < 4.78 is 0. The average molecular weight is 239 g/mol. The van der Waals surface area contributed by atoms with Crippen molar-refractivity contribution in [1.82, 2.24) is 0 Å². The molecular formula is C16H17NO. The zero-order valence-corrected chi connectivity index (χ0v) is 10.4. The summed E-state index contributed by atoms with van der Waals surface area (Å²) >= 11 is 0. The van der Waals surface area contributed by atoms with Gasteiger partial charge in [-0.15, -0.1) is 0 Å². The van der Waals surface area contributed by atoms with Crippen molar-refractivity contribution in [3.63, 3.8) is 0 Å². The Kier molecular flexibility index (Phi) is 6.21. The molecule has 0 aromatic heterocycles. The summed E-state index contributed by atoms with van der Waals surface area (Å²) in [4.78, 5) is 11.8. The van der Waals surface area contributed by atoms with Crippen LogP contribution in [0.2, 0.25) is 0 Å². The third-order valence-electron chi connectivity index (χ3n) is 2.55. The van der Waals surface area contributed by atoms with E-state index in [2.05, 4.69) is 12.6 Å². The van der Waals surface area contributed by atoms with Gasteiger partial charge in [0.05, 0.1) is 6.07 Å². The smallest absolute Gasteiger partial charge is 0.163 e. The zero-order chi connectivity index (χ0) is 13.2. The lowest BCUT2D eigenvalue weighted by Crippen LogP contribution is -1.98. The van der Waals surface area contributed by atoms with Gasteiger partial charge in [-0.2, -0.15) is 5.26 Å². The fourth-order valence-electron chi connectivity index (χ4n) is 1.52. The first-order valence-corrected chi connectivity index (χ1v) is 6.03. The third kappa shape index (κ3) is 5.27. The van der Waals surface area contributed by atoms with E-state index in [1.165, 1.54) is 0 Å². The van der Waals surface area contributed by atoms with E-state index in [0.717, 1.165) is 17.6 Å². The fourth-order valence-corrected chi connectivity index (χ4v) is 1.52. The number of nitrogens with zero attached hydrogens (tertiary/aromatic N) is 1. The minimum atomic E-state index is 0.141. The number of carbonyl (C=O) groups is 1. The van der Waals surface area contributed by atoms with Crippen molar-refractivity contribution in [2.75, 3.05) is 0 Å². The van der Waals surface area contributed by atoms with Crippen LogP contribution in [0.15, 0.2) is 54.6 Å². The van der Waals surface area contributed by atoms with Crippen LogP contribution < -0.4 is 0 Å². The molecule has 1 aromatic rings. The van der Waals surface area contributed by atoms with Crippen molar-refractivity contribution >= 4 is 5.78 Å². The molecule has 0 unspecified atom stereocenters. The summed E-state index contributed by atoms with van der Waals surface area (Å²) in [6, 6.07) is 11.4. The molecule has 0 spiro atoms. The van der Waals surface area contributed by atoms with E-state index in [-0.39, 0.29) is 5.78 Å². The quantitative estimate of drug-likeness (QED) is 0.409. The van der Waals surface area contributed by atoms with E-state index in [9.17, 15) is 4.79 Å². The van der Waals surface area contributed by atoms with E-state index in [4.69, 9.17) is 5.26 Å². The molecule has 2 heteroatoms. The lowest BCUT2D eigenvalue weighted by atomic mass is 10.0. The summed E-state index contributed by atoms with van der Waals surface area (Å²) in [6.07, 6.45) is 6.23. The summed E-state index contributed by atoms with van der Waals surface area (Å²) in [5.74, 6) is 0.141. The number of hydrogen-bond acceptors (Lipinski definition) is 2. The Labute approximate surface area is 108 Å². The van der Waals surface area contributed by atoms with Crippen LogP contribution in [-0.4, -0.2) is 5.78 Å². The van der Waals surface area contributed by atoms with Gasteiger partial charge in [-0.25, -0.2) is 0 Å². The molecule has 1 rings (SSSR count). The van der Waals surface area contributed by atoms with E-state index < -0.39 is 0 Å². The number of ketones is 1. The molecule has 0 aliphatic carbocycles. The van der Waals surface area contributed by atoms with Crippen LogP contribution in [-0.2, 0) is 0 Å². The van der Waals surface area contributed by atoms with Crippen LogP contribution in [0, 0.1) is 11.3 Å². The predicted molar refractivity (Wildman–Crippen MR) is 73.1 cm³/mol. The number of nitriles is 1. The lowest BCUT2D eigenvalue weighted by Gasteiger charge is -2.01. The van der Waals surface area contributed by atoms with Gasteiger partial charge in [-0.05, 0) is 12.8 Å². The van der Waals surface area contributed by atoms with Crippen molar-refractivity contribution in [2.24, 2.45) is 0 Å². The van der Waals surface area contributed by atoms with Gasteiger partial charge in [0.2, 0.25) is 0 Å². The molecule has 0 N–H and O–H groups in total. The fraction of sp³-hybridized carbons (Fsp3) is 0.250. The van der Waals surface area contributed by atoms with Crippen LogP contribution in [0.5, 0.6) is 0 Å². The Morgan fingerprint density at radius 2 is 2.00 bits per heavy atom. The number of benzene rings is 1. The Morgan fingerprint density at radius 1 is 1.28 bits per heavy atom. The number of rotatable bonds is 7. The maximum atomic E-state index is 11.8. The summed E-state index contributed by atoms with van der Waals surface area (Å²) in [7, 11) is 0. The summed E-state index contributed by atoms with van der Waals surface area (Å²) in [5.41, 5.74) is 1.68. The molecule has 0 saturated heterocycles. The van der Waals surface area contributed by atoms with Gasteiger partial charge in [-0.3, -0.25) is 4.79 Å². The molecule has 0 aliphatic heterocycles. The summed E-state index contributed by atoms with van der Waals surface area (Å²) in [6.45, 7) is 3.90. The van der Waals surface area contributed by atoms with Crippen LogP contribution in [0.25, 0.3) is 0 Å². The number of hydrogen-bond donors (Lipinski definition) is 0. The molecule has 0 amide bonds. The number of unbranched alkanes of at least 4 members (excludes halogenated alkanes) is 1. The van der Waals surface area contributed by atoms with Crippen molar-refractivity contribution in [2.45, 2.75) is 25.7 Å². The molecule has 18 heavy (non-hydrogen) atoms. The molecule has 0 aliphatic rings. The predicted octanol–water partition coefficient (Wildman–Crippen LogP) is 4.07. The highest BCUT2D eigenvalue weighted by Crippen LogP contribution is 2.10. The number of allylic oxidation sites excluding steroid dienone is 3. The monoisotopic (exact) mass is 239 g/mol. The SMILES string of the molecule is C=C(/C=C/CCC#N)CCC(=O)c1ccccc1. The van der Waals surface area contributed by atoms with E-state index >= 15 is 0 Å². The average Bonchev–Trinajstić information content (AvgIpc) is 2.42. The highest BCUT2D eigenvalue weighted by atomic mass is 16.1. The van der Waals surface area contributed by atoms with Gasteiger partial charge in [0.15, 0.2) is 5.78 Å². The minimum Gasteiger partial charge on any atom is -0.294 e. The molecule has 0 fully saturated rings. The van der Waals surface area contributed by atoms with E-state index in [0.29, 0.717) is 19.3 Å². The Morgan fingerprint density at radius 3 is 2.67 bits per heavy atom. The molecule has 0 saturated carbocycles. The Bertz CT molecular complexity index is 466. The van der Waals surface area contributed by atoms with Crippen LogP contribution in [0.3, 0.4) is 0 Å². The second-order valence-electron chi connectivity index (χ2n) is 4.05. The third-order valence-corrected chi connectivity index (χ3v) is 2.55. The number of Topliss-reactive ketones (excluding diaryl/α,β-unsaturated/α-hetero) is 1. The van der Waals surface area contributed by atoms with Crippen molar-refractivity contribution in [1.29, 1.82) is 5.26 Å². The Hall–Kier alpha value is -2.14. The van der Waals surface area contributed by atoms with Gasteiger partial charge in [0.25, 0.3) is 0 Å². The Balaban J connectivity index is 2.33. The topological polar surface area (TPSA) is 40.9 Å². The van der Waals surface area contributed by atoms with Gasteiger partial charge in [0.1, 0.15) is 0 Å². The molecule has 0 atom stereocenters. The standard InChI is InChI=1S/C16H17NO/c1-14(8-4-3-7-13-17)11-12-16(18)15-9-5-2-6-10-15/h2,4-6,8-10H,1,3,7,11-12H2/b8-4+. The number of carbonyl (C=O) groups excluding carboxylic acids is 1. The van der Waals surface area contributed by atoms with E-state index in [1.54, 1.807) is 0 Å². The highest BCUT2D eigenvalue weighted by Gasteiger charge is 2.04. The van der Waals surface area contributed by atoms with Gasteiger partial charge in [0, 0.05) is 18.4 Å². The minimum absolute atomic E-state index is 0.141. The molecule has 0 bridgehead atoms. The molecule has 92 valence electrons. The van der Waals surface area contributed by atoms with Gasteiger partial charge < -0.3 is 0 Å². The van der Waals surface area contributed by atoms with Crippen LogP contribution >= 0.6 is 0 Å². The van der Waals surface area contributed by atoms with Crippen molar-refractivity contribution in [3.05, 3.63) is 60.2 Å². The van der Waals surface area contributed by atoms with Crippen molar-refractivity contribution < 1.29 is 4.79 Å². The molecule has 2 nitrogen and oxygen atoms in total. The second kappa shape index (κ2) is 8.03. The maximum absolute atomic E-state index is 11.8. The molecule has 0 heterocycles. The summed E-state index contributed by atoms with van der Waals surface area (Å²) in [5, 5.41) is 8.38. The largest absolute Gasteiger partial charge is 0.294 e. The normalized spacial score (nSPS) is 10.2. The highest BCUT2D eigenvalue weighted by molar-refractivity contribution is 5.96.